The SMILES string of the molecule is COCCN(CC(C)CN)C(C)C. The molecule has 0 saturated carbocycles. The molecule has 0 bridgehead atoms. The second kappa shape index (κ2) is 7.30. The highest BCUT2D eigenvalue weighted by molar-refractivity contribution is 4.66. The van der Waals surface area contributed by atoms with Crippen molar-refractivity contribution in [2.45, 2.75) is 26.8 Å². The van der Waals surface area contributed by atoms with Gasteiger partial charge in [0.05, 0.1) is 6.61 Å². The van der Waals surface area contributed by atoms with E-state index < -0.39 is 0 Å². The molecule has 0 saturated heterocycles. The summed E-state index contributed by atoms with van der Waals surface area (Å²) in [7, 11) is 1.74. The molecule has 1 unspecified atom stereocenters. The predicted molar refractivity (Wildman–Crippen MR) is 56.8 cm³/mol. The second-order valence-electron chi connectivity index (χ2n) is 3.92. The maximum atomic E-state index is 5.59. The quantitative estimate of drug-likeness (QED) is 0.646. The topological polar surface area (TPSA) is 38.5 Å². The van der Waals surface area contributed by atoms with Crippen LogP contribution >= 0.6 is 0 Å². The molecule has 0 heterocycles. The Morgan fingerprint density at radius 2 is 1.92 bits per heavy atom. The monoisotopic (exact) mass is 188 g/mol. The Hall–Kier alpha value is -0.120. The second-order valence-corrected chi connectivity index (χ2v) is 3.92. The van der Waals surface area contributed by atoms with Crippen LogP contribution in [0.2, 0.25) is 0 Å². The molecule has 0 amide bonds. The predicted octanol–water partition coefficient (Wildman–Crippen LogP) is 0.938. The van der Waals surface area contributed by atoms with E-state index in [1.807, 2.05) is 0 Å². The molecule has 0 aromatic carbocycles. The maximum absolute atomic E-state index is 5.59. The molecule has 3 heteroatoms. The molecule has 13 heavy (non-hydrogen) atoms. The fourth-order valence-corrected chi connectivity index (χ4v) is 1.24. The third kappa shape index (κ3) is 6.02. The third-order valence-electron chi connectivity index (χ3n) is 2.26. The summed E-state index contributed by atoms with van der Waals surface area (Å²) < 4.78 is 5.06. The van der Waals surface area contributed by atoms with Gasteiger partial charge in [-0.3, -0.25) is 4.90 Å². The Bertz CT molecular complexity index is 117. The number of ether oxygens (including phenoxy) is 1. The van der Waals surface area contributed by atoms with Crippen LogP contribution < -0.4 is 5.73 Å². The van der Waals surface area contributed by atoms with Crippen LogP contribution in [0, 0.1) is 5.92 Å². The fraction of sp³-hybridized carbons (Fsp3) is 1.00. The first-order chi connectivity index (χ1) is 6.11. The third-order valence-corrected chi connectivity index (χ3v) is 2.26. The molecule has 0 aliphatic rings. The standard InChI is InChI=1S/C10H24N2O/c1-9(2)12(5-6-13-4)8-10(3)7-11/h9-10H,5-8,11H2,1-4H3. The van der Waals surface area contributed by atoms with Crippen LogP contribution in [-0.2, 0) is 4.74 Å². The van der Waals surface area contributed by atoms with Gasteiger partial charge in [0.1, 0.15) is 0 Å². The summed E-state index contributed by atoms with van der Waals surface area (Å²) in [4.78, 5) is 2.40. The number of hydrogen-bond acceptors (Lipinski definition) is 3. The first-order valence-corrected chi connectivity index (χ1v) is 5.04. The summed E-state index contributed by atoms with van der Waals surface area (Å²) in [6.45, 7) is 10.2. The molecule has 0 rings (SSSR count). The lowest BCUT2D eigenvalue weighted by Gasteiger charge is -2.28. The van der Waals surface area contributed by atoms with Crippen molar-refractivity contribution in [1.29, 1.82) is 0 Å². The van der Waals surface area contributed by atoms with Gasteiger partial charge in [0.2, 0.25) is 0 Å². The average molecular weight is 188 g/mol. The number of methoxy groups -OCH3 is 1. The molecule has 3 nitrogen and oxygen atoms in total. The van der Waals surface area contributed by atoms with Crippen molar-refractivity contribution in [2.75, 3.05) is 33.4 Å². The Morgan fingerprint density at radius 1 is 1.31 bits per heavy atom. The van der Waals surface area contributed by atoms with Gasteiger partial charge >= 0.3 is 0 Å². The van der Waals surface area contributed by atoms with Crippen LogP contribution in [0.4, 0.5) is 0 Å². The van der Waals surface area contributed by atoms with E-state index in [0.717, 1.165) is 26.2 Å². The van der Waals surface area contributed by atoms with E-state index in [9.17, 15) is 0 Å². The highest BCUT2D eigenvalue weighted by atomic mass is 16.5. The molecule has 0 aromatic heterocycles. The first kappa shape index (κ1) is 12.9. The fourth-order valence-electron chi connectivity index (χ4n) is 1.24. The van der Waals surface area contributed by atoms with Gasteiger partial charge in [0.15, 0.2) is 0 Å². The van der Waals surface area contributed by atoms with Crippen molar-refractivity contribution in [3.05, 3.63) is 0 Å². The summed E-state index contributed by atoms with van der Waals surface area (Å²) >= 11 is 0. The van der Waals surface area contributed by atoms with Gasteiger partial charge in [0.25, 0.3) is 0 Å². The van der Waals surface area contributed by atoms with Crippen LogP contribution in [0.15, 0.2) is 0 Å². The summed E-state index contributed by atoms with van der Waals surface area (Å²) in [5.41, 5.74) is 5.59. The molecule has 0 fully saturated rings. The molecule has 80 valence electrons. The Labute approximate surface area is 82.2 Å². The van der Waals surface area contributed by atoms with Crippen molar-refractivity contribution in [1.82, 2.24) is 4.90 Å². The van der Waals surface area contributed by atoms with Gasteiger partial charge < -0.3 is 10.5 Å². The van der Waals surface area contributed by atoms with Gasteiger partial charge in [-0.25, -0.2) is 0 Å². The summed E-state index contributed by atoms with van der Waals surface area (Å²) in [6.07, 6.45) is 0. The summed E-state index contributed by atoms with van der Waals surface area (Å²) in [5, 5.41) is 0. The Kier molecular flexibility index (Phi) is 7.23. The molecule has 1 atom stereocenters. The van der Waals surface area contributed by atoms with Crippen molar-refractivity contribution >= 4 is 0 Å². The van der Waals surface area contributed by atoms with E-state index in [2.05, 4.69) is 25.7 Å². The van der Waals surface area contributed by atoms with Crippen LogP contribution in [0.25, 0.3) is 0 Å². The van der Waals surface area contributed by atoms with E-state index in [0.29, 0.717) is 12.0 Å². The zero-order valence-electron chi connectivity index (χ0n) is 9.42. The average Bonchev–Trinajstić information content (AvgIpc) is 2.11. The lowest BCUT2D eigenvalue weighted by Crippen LogP contribution is -2.38. The Morgan fingerprint density at radius 3 is 2.31 bits per heavy atom. The number of rotatable bonds is 7. The molecule has 0 aliphatic carbocycles. The molecule has 0 aliphatic heterocycles. The van der Waals surface area contributed by atoms with Gasteiger partial charge in [-0.15, -0.1) is 0 Å². The molecule has 0 aromatic rings. The minimum Gasteiger partial charge on any atom is -0.383 e. The van der Waals surface area contributed by atoms with Crippen LogP contribution in [0.5, 0.6) is 0 Å². The Balaban J connectivity index is 3.79. The molecule has 0 spiro atoms. The van der Waals surface area contributed by atoms with Crippen LogP contribution in [0.3, 0.4) is 0 Å². The molecule has 0 radical (unpaired) electrons. The van der Waals surface area contributed by atoms with E-state index in [1.54, 1.807) is 7.11 Å². The van der Waals surface area contributed by atoms with Crippen molar-refractivity contribution < 1.29 is 4.74 Å². The largest absolute Gasteiger partial charge is 0.383 e. The van der Waals surface area contributed by atoms with Gasteiger partial charge in [-0.05, 0) is 26.3 Å². The van der Waals surface area contributed by atoms with Gasteiger partial charge in [0, 0.05) is 26.2 Å². The zero-order valence-corrected chi connectivity index (χ0v) is 9.42. The first-order valence-electron chi connectivity index (χ1n) is 5.04. The molecule has 2 N–H and O–H groups in total. The number of nitrogens with two attached hydrogens (primary N) is 1. The summed E-state index contributed by atoms with van der Waals surface area (Å²) in [6, 6.07) is 0.573. The minimum absolute atomic E-state index is 0.569. The molecular weight excluding hydrogens is 164 g/mol. The summed E-state index contributed by atoms with van der Waals surface area (Å²) in [5.74, 6) is 0.569. The molecular formula is C10H24N2O. The maximum Gasteiger partial charge on any atom is 0.0589 e. The normalized spacial score (nSPS) is 14.1. The number of nitrogens with zero attached hydrogens (tertiary/aromatic N) is 1. The van der Waals surface area contributed by atoms with E-state index in [-0.39, 0.29) is 0 Å². The van der Waals surface area contributed by atoms with Gasteiger partial charge in [-0.1, -0.05) is 6.92 Å². The highest BCUT2D eigenvalue weighted by Gasteiger charge is 2.11. The van der Waals surface area contributed by atoms with Crippen molar-refractivity contribution in [2.24, 2.45) is 11.7 Å². The van der Waals surface area contributed by atoms with E-state index >= 15 is 0 Å². The minimum atomic E-state index is 0.569. The van der Waals surface area contributed by atoms with Crippen molar-refractivity contribution in [3.63, 3.8) is 0 Å². The smallest absolute Gasteiger partial charge is 0.0589 e. The highest BCUT2D eigenvalue weighted by Crippen LogP contribution is 2.03. The van der Waals surface area contributed by atoms with Crippen molar-refractivity contribution in [3.8, 4) is 0 Å². The van der Waals surface area contributed by atoms with Crippen LogP contribution in [-0.4, -0.2) is 44.3 Å². The lowest BCUT2D eigenvalue weighted by molar-refractivity contribution is 0.119. The zero-order chi connectivity index (χ0) is 10.3. The number of hydrogen-bond donors (Lipinski definition) is 1. The van der Waals surface area contributed by atoms with E-state index in [4.69, 9.17) is 10.5 Å². The lowest BCUT2D eigenvalue weighted by atomic mass is 10.1. The van der Waals surface area contributed by atoms with Gasteiger partial charge in [-0.2, -0.15) is 0 Å². The van der Waals surface area contributed by atoms with E-state index in [1.165, 1.54) is 0 Å². The van der Waals surface area contributed by atoms with Crippen LogP contribution in [0.1, 0.15) is 20.8 Å².